The summed E-state index contributed by atoms with van der Waals surface area (Å²) >= 11 is 12.4. The van der Waals surface area contributed by atoms with Gasteiger partial charge in [0.15, 0.2) is 0 Å². The maximum Gasteiger partial charge on any atom is 0.297 e. The molecule has 1 aliphatic rings. The van der Waals surface area contributed by atoms with Gasteiger partial charge in [-0.25, -0.2) is 0 Å². The molecule has 0 bridgehead atoms. The van der Waals surface area contributed by atoms with Crippen LogP contribution in [-0.2, 0) is 20.7 Å². The molecular weight excluding hydrogens is 465 g/mol. The zero-order valence-corrected chi connectivity index (χ0v) is 20.0. The largest absolute Gasteiger partial charge is 0.316 e. The molecule has 3 unspecified atom stereocenters. The van der Waals surface area contributed by atoms with E-state index < -0.39 is 16.2 Å². The Morgan fingerprint density at radius 1 is 0.969 bits per heavy atom. The third-order valence-corrected chi connectivity index (χ3v) is 8.04. The van der Waals surface area contributed by atoms with Crippen molar-refractivity contribution in [1.29, 1.82) is 0 Å². The predicted octanol–water partition coefficient (Wildman–Crippen LogP) is 5.62. The molecule has 1 N–H and O–H groups in total. The molecule has 0 aromatic heterocycles. The van der Waals surface area contributed by atoms with Crippen LogP contribution in [0, 0.1) is 12.8 Å². The highest BCUT2D eigenvalue weighted by Gasteiger charge is 2.38. The number of halogens is 2. The van der Waals surface area contributed by atoms with Crippen molar-refractivity contribution >= 4 is 33.3 Å². The quantitative estimate of drug-likeness (QED) is 0.437. The lowest BCUT2D eigenvalue weighted by Crippen LogP contribution is -2.33. The van der Waals surface area contributed by atoms with Crippen LogP contribution < -0.4 is 5.32 Å². The van der Waals surface area contributed by atoms with E-state index in [1.165, 1.54) is 0 Å². The van der Waals surface area contributed by atoms with Crippen LogP contribution in [0.25, 0.3) is 0 Å². The van der Waals surface area contributed by atoms with Gasteiger partial charge in [0.2, 0.25) is 0 Å². The average Bonchev–Trinajstić information content (AvgIpc) is 3.26. The van der Waals surface area contributed by atoms with Crippen LogP contribution in [0.4, 0.5) is 0 Å². The molecule has 4 nitrogen and oxygen atoms in total. The van der Waals surface area contributed by atoms with Gasteiger partial charge in [-0.15, -0.1) is 0 Å². The fourth-order valence-electron chi connectivity index (χ4n) is 4.22. The van der Waals surface area contributed by atoms with Gasteiger partial charge < -0.3 is 5.32 Å². The zero-order chi connectivity index (χ0) is 22.7. The van der Waals surface area contributed by atoms with Crippen LogP contribution in [-0.4, -0.2) is 27.6 Å². The first-order chi connectivity index (χ1) is 15.3. The minimum absolute atomic E-state index is 0.0479. The van der Waals surface area contributed by atoms with E-state index in [4.69, 9.17) is 27.4 Å². The molecule has 32 heavy (non-hydrogen) atoms. The molecule has 1 fully saturated rings. The highest BCUT2D eigenvalue weighted by Crippen LogP contribution is 2.37. The molecule has 3 atom stereocenters. The van der Waals surface area contributed by atoms with Crippen LogP contribution in [0.15, 0.2) is 77.7 Å². The predicted molar refractivity (Wildman–Crippen MR) is 129 cm³/mol. The summed E-state index contributed by atoms with van der Waals surface area (Å²) in [5.74, 6) is -0.0145. The first-order valence-electron chi connectivity index (χ1n) is 10.5. The third kappa shape index (κ3) is 5.36. The second-order valence-corrected chi connectivity index (χ2v) is 10.6. The van der Waals surface area contributed by atoms with Crippen LogP contribution >= 0.6 is 23.2 Å². The van der Waals surface area contributed by atoms with E-state index in [1.807, 2.05) is 49.4 Å². The van der Waals surface area contributed by atoms with Crippen LogP contribution in [0.3, 0.4) is 0 Å². The number of hydrogen-bond donors (Lipinski definition) is 1. The third-order valence-electron chi connectivity index (χ3n) is 5.95. The van der Waals surface area contributed by atoms with Crippen molar-refractivity contribution in [3.8, 4) is 0 Å². The number of hydrogen-bond acceptors (Lipinski definition) is 4. The summed E-state index contributed by atoms with van der Waals surface area (Å²) < 4.78 is 32.3. The van der Waals surface area contributed by atoms with Crippen molar-refractivity contribution in [2.45, 2.75) is 30.3 Å². The molecule has 0 amide bonds. The Kier molecular flexibility index (Phi) is 7.23. The van der Waals surface area contributed by atoms with Crippen molar-refractivity contribution < 1.29 is 12.6 Å². The molecule has 0 radical (unpaired) electrons. The summed E-state index contributed by atoms with van der Waals surface area (Å²) in [6, 6.07) is 22.2. The zero-order valence-electron chi connectivity index (χ0n) is 17.7. The average molecular weight is 490 g/mol. The van der Waals surface area contributed by atoms with Gasteiger partial charge in [-0.3, -0.25) is 4.18 Å². The molecule has 1 heterocycles. The molecule has 1 saturated heterocycles. The lowest BCUT2D eigenvalue weighted by Gasteiger charge is -2.28. The van der Waals surface area contributed by atoms with Gasteiger partial charge >= 0.3 is 0 Å². The second-order valence-electron chi connectivity index (χ2n) is 8.19. The van der Waals surface area contributed by atoms with Gasteiger partial charge in [0.1, 0.15) is 0 Å². The van der Waals surface area contributed by atoms with Crippen molar-refractivity contribution in [2.75, 3.05) is 13.1 Å². The summed E-state index contributed by atoms with van der Waals surface area (Å²) in [5, 5.41) is 4.39. The van der Waals surface area contributed by atoms with E-state index in [-0.39, 0.29) is 16.7 Å². The van der Waals surface area contributed by atoms with Crippen LogP contribution in [0.2, 0.25) is 10.0 Å². The monoisotopic (exact) mass is 489 g/mol. The number of nitrogens with one attached hydrogen (secondary N) is 1. The summed E-state index contributed by atoms with van der Waals surface area (Å²) in [4.78, 5) is 0.165. The lowest BCUT2D eigenvalue weighted by atomic mass is 9.83. The fourth-order valence-corrected chi connectivity index (χ4v) is 5.65. The number of rotatable bonds is 7. The maximum absolute atomic E-state index is 13.2. The molecule has 3 aromatic rings. The van der Waals surface area contributed by atoms with Crippen LogP contribution in [0.5, 0.6) is 0 Å². The molecule has 0 aliphatic carbocycles. The summed E-state index contributed by atoms with van der Waals surface area (Å²) in [5.41, 5.74) is 3.03. The van der Waals surface area contributed by atoms with E-state index in [1.54, 1.807) is 30.3 Å². The van der Waals surface area contributed by atoms with Crippen LogP contribution in [0.1, 0.15) is 22.6 Å². The maximum atomic E-state index is 13.2. The molecule has 3 aromatic carbocycles. The molecule has 0 spiro atoms. The fraction of sp³-hybridized carbons (Fsp3) is 0.280. The van der Waals surface area contributed by atoms with E-state index in [9.17, 15) is 8.42 Å². The number of aryl methyl sites for hydroxylation is 1. The van der Waals surface area contributed by atoms with Crippen molar-refractivity contribution in [3.63, 3.8) is 0 Å². The smallest absolute Gasteiger partial charge is 0.297 e. The Hall–Kier alpha value is -1.89. The van der Waals surface area contributed by atoms with E-state index in [0.29, 0.717) is 29.6 Å². The highest BCUT2D eigenvalue weighted by atomic mass is 35.5. The Morgan fingerprint density at radius 3 is 2.38 bits per heavy atom. The lowest BCUT2D eigenvalue weighted by molar-refractivity contribution is 0.141. The van der Waals surface area contributed by atoms with Gasteiger partial charge in [-0.05, 0) is 42.3 Å². The Bertz CT molecular complexity index is 1170. The number of benzene rings is 3. The van der Waals surface area contributed by atoms with Gasteiger partial charge in [0, 0.05) is 31.3 Å². The molecule has 168 valence electrons. The standard InChI is InChI=1S/C25H25Cl2NO3S/c1-17-7-10-20(11-8-17)32(29,30)31-25(13-18-5-3-2-4-6-18)22-16-28-15-21(22)19-9-12-23(26)24(27)14-19/h2-12,14,21-22,25,28H,13,15-16H2,1H3. The van der Waals surface area contributed by atoms with Gasteiger partial charge in [-0.2, -0.15) is 8.42 Å². The molecule has 7 heteroatoms. The molecule has 1 aliphatic heterocycles. The minimum atomic E-state index is -3.93. The molecular formula is C25H25Cl2NO3S. The first kappa shape index (κ1) is 23.3. The summed E-state index contributed by atoms with van der Waals surface area (Å²) in [7, 11) is -3.93. The summed E-state index contributed by atoms with van der Waals surface area (Å²) in [6.45, 7) is 3.27. The molecule has 0 saturated carbocycles. The van der Waals surface area contributed by atoms with E-state index >= 15 is 0 Å². The molecule has 4 rings (SSSR count). The Labute approximate surface area is 199 Å². The second kappa shape index (κ2) is 9.94. The van der Waals surface area contributed by atoms with Crippen molar-refractivity contribution in [2.24, 2.45) is 5.92 Å². The highest BCUT2D eigenvalue weighted by molar-refractivity contribution is 7.86. The van der Waals surface area contributed by atoms with Crippen molar-refractivity contribution in [3.05, 3.63) is 99.5 Å². The normalized spacial score (nSPS) is 19.7. The first-order valence-corrected chi connectivity index (χ1v) is 12.7. The topological polar surface area (TPSA) is 55.4 Å². The van der Waals surface area contributed by atoms with E-state index in [2.05, 4.69) is 5.32 Å². The SMILES string of the molecule is Cc1ccc(S(=O)(=O)OC(Cc2ccccc2)C2CNCC2c2ccc(Cl)c(Cl)c2)cc1. The Morgan fingerprint density at radius 2 is 1.69 bits per heavy atom. The Balaban J connectivity index is 1.66. The minimum Gasteiger partial charge on any atom is -0.316 e. The van der Waals surface area contributed by atoms with Gasteiger partial charge in [0.05, 0.1) is 21.0 Å². The van der Waals surface area contributed by atoms with E-state index in [0.717, 1.165) is 16.7 Å². The van der Waals surface area contributed by atoms with Gasteiger partial charge in [-0.1, -0.05) is 77.3 Å². The summed E-state index contributed by atoms with van der Waals surface area (Å²) in [6.07, 6.45) is -0.0611. The van der Waals surface area contributed by atoms with Crippen molar-refractivity contribution in [1.82, 2.24) is 5.32 Å². The van der Waals surface area contributed by atoms with Gasteiger partial charge in [0.25, 0.3) is 10.1 Å².